The van der Waals surface area contributed by atoms with Gasteiger partial charge < -0.3 is 14.8 Å². The van der Waals surface area contributed by atoms with E-state index >= 15 is 0 Å². The molecule has 0 aliphatic rings. The second-order valence-electron chi connectivity index (χ2n) is 7.54. The van der Waals surface area contributed by atoms with Gasteiger partial charge in [-0.25, -0.2) is 4.79 Å². The van der Waals surface area contributed by atoms with Crippen molar-refractivity contribution in [3.05, 3.63) is 29.8 Å². The van der Waals surface area contributed by atoms with Gasteiger partial charge in [0.25, 0.3) is 0 Å². The molecule has 0 saturated heterocycles. The van der Waals surface area contributed by atoms with E-state index in [2.05, 4.69) is 5.32 Å². The van der Waals surface area contributed by atoms with Crippen molar-refractivity contribution in [1.82, 2.24) is 5.32 Å². The molecule has 0 radical (unpaired) electrons. The third-order valence-corrected chi connectivity index (χ3v) is 3.16. The largest absolute Gasteiger partial charge is 0.497 e. The van der Waals surface area contributed by atoms with Crippen LogP contribution in [0.15, 0.2) is 24.3 Å². The van der Waals surface area contributed by atoms with Crippen molar-refractivity contribution in [3.63, 3.8) is 0 Å². The van der Waals surface area contributed by atoms with E-state index in [0.717, 1.165) is 0 Å². The Morgan fingerprint density at radius 3 is 1.80 bits per heavy atom. The normalized spacial score (nSPS) is 12.4. The van der Waals surface area contributed by atoms with E-state index in [1.807, 2.05) is 34.6 Å². The number of benzene rings is 1. The summed E-state index contributed by atoms with van der Waals surface area (Å²) in [7, 11) is 1.57. The number of hydrogen-bond donors (Lipinski definition) is 1. The fourth-order valence-corrected chi connectivity index (χ4v) is 2.02. The van der Waals surface area contributed by atoms with Crippen LogP contribution in [0.1, 0.15) is 65.7 Å². The van der Waals surface area contributed by atoms with E-state index in [-0.39, 0.29) is 5.78 Å². The molecule has 0 aliphatic carbocycles. The summed E-state index contributed by atoms with van der Waals surface area (Å²) in [4.78, 5) is 24.8. The van der Waals surface area contributed by atoms with E-state index in [1.165, 1.54) is 0 Å². The molecule has 5 heteroatoms. The molecule has 0 fully saturated rings. The fourth-order valence-electron chi connectivity index (χ4n) is 2.02. The molecule has 0 aromatic heterocycles. The number of methoxy groups -OCH3 is 1. The van der Waals surface area contributed by atoms with Gasteiger partial charge in [0, 0.05) is 5.56 Å². The Balaban J connectivity index is 0.00000277. The molecule has 1 rings (SSSR count). The molecule has 142 valence electrons. The maximum absolute atomic E-state index is 12.8. The van der Waals surface area contributed by atoms with Crippen LogP contribution in [0.4, 0.5) is 4.79 Å². The average Bonchev–Trinajstić information content (AvgIpc) is 2.51. The minimum atomic E-state index is -0.689. The van der Waals surface area contributed by atoms with E-state index in [4.69, 9.17) is 9.47 Å². The molecule has 1 N–H and O–H groups in total. The highest BCUT2D eigenvalue weighted by Gasteiger charge is 2.34. The van der Waals surface area contributed by atoms with E-state index in [1.54, 1.807) is 52.1 Å². The van der Waals surface area contributed by atoms with E-state index in [9.17, 15) is 9.59 Å². The number of hydrogen-bond acceptors (Lipinski definition) is 4. The first-order valence-electron chi connectivity index (χ1n) is 8.62. The van der Waals surface area contributed by atoms with Crippen LogP contribution < -0.4 is 10.1 Å². The summed E-state index contributed by atoms with van der Waals surface area (Å²) >= 11 is 0. The minimum Gasteiger partial charge on any atom is -0.497 e. The van der Waals surface area contributed by atoms with Gasteiger partial charge in [-0.1, -0.05) is 34.6 Å². The Labute approximate surface area is 152 Å². The van der Waals surface area contributed by atoms with Crippen LogP contribution in [0, 0.1) is 5.41 Å². The summed E-state index contributed by atoms with van der Waals surface area (Å²) in [5, 5.41) is 2.70. The van der Waals surface area contributed by atoms with Crippen molar-refractivity contribution in [3.8, 4) is 5.75 Å². The molecule has 5 nitrogen and oxygen atoms in total. The van der Waals surface area contributed by atoms with Crippen molar-refractivity contribution in [1.29, 1.82) is 0 Å². The Hall–Kier alpha value is -2.04. The number of ketones is 1. The van der Waals surface area contributed by atoms with Gasteiger partial charge in [0.15, 0.2) is 5.78 Å². The van der Waals surface area contributed by atoms with Crippen LogP contribution in [-0.2, 0) is 4.74 Å². The van der Waals surface area contributed by atoms with Crippen molar-refractivity contribution >= 4 is 11.9 Å². The van der Waals surface area contributed by atoms with E-state index in [0.29, 0.717) is 11.3 Å². The monoisotopic (exact) mass is 351 g/mol. The molecular weight excluding hydrogens is 318 g/mol. The molecule has 1 amide bonds. The van der Waals surface area contributed by atoms with Crippen molar-refractivity contribution in [2.45, 2.75) is 67.0 Å². The number of nitrogens with one attached hydrogen (secondary N) is 1. The van der Waals surface area contributed by atoms with Gasteiger partial charge in [-0.05, 0) is 50.5 Å². The first-order valence-corrected chi connectivity index (χ1v) is 8.62. The molecular formula is C20H33NO4. The first-order chi connectivity index (χ1) is 11.4. The number of rotatable bonds is 4. The van der Waals surface area contributed by atoms with Crippen LogP contribution in [-0.4, -0.2) is 30.6 Å². The van der Waals surface area contributed by atoms with Gasteiger partial charge >= 0.3 is 6.09 Å². The van der Waals surface area contributed by atoms with Gasteiger partial charge in [-0.15, -0.1) is 0 Å². The van der Waals surface area contributed by atoms with Crippen molar-refractivity contribution < 1.29 is 19.1 Å². The molecule has 25 heavy (non-hydrogen) atoms. The van der Waals surface area contributed by atoms with E-state index < -0.39 is 23.2 Å². The van der Waals surface area contributed by atoms with Crippen LogP contribution in [0.25, 0.3) is 0 Å². The third kappa shape index (κ3) is 8.05. The van der Waals surface area contributed by atoms with Gasteiger partial charge in [0.05, 0.1) is 7.11 Å². The Morgan fingerprint density at radius 2 is 1.44 bits per heavy atom. The Morgan fingerprint density at radius 1 is 0.960 bits per heavy atom. The summed E-state index contributed by atoms with van der Waals surface area (Å²) < 4.78 is 10.4. The molecule has 0 saturated carbocycles. The maximum atomic E-state index is 12.8. The summed E-state index contributed by atoms with van der Waals surface area (Å²) in [5.74, 6) is 0.514. The first kappa shape index (κ1) is 23.0. The topological polar surface area (TPSA) is 64.6 Å². The zero-order valence-corrected chi connectivity index (χ0v) is 17.0. The number of ether oxygens (including phenoxy) is 2. The van der Waals surface area contributed by atoms with Gasteiger partial charge in [0.2, 0.25) is 0 Å². The number of Topliss-reactive ketones (excluding diaryl/α,β-unsaturated/α-hetero) is 1. The van der Waals surface area contributed by atoms with Crippen molar-refractivity contribution in [2.24, 2.45) is 5.41 Å². The highest BCUT2D eigenvalue weighted by atomic mass is 16.6. The summed E-state index contributed by atoms with van der Waals surface area (Å²) in [6.07, 6.45) is -0.598. The SMILES string of the molecule is CC.COc1ccc(C(=O)C(NC(=O)OC(C)(C)C)C(C)(C)C)cc1. The number of alkyl carbamates (subject to hydrolysis) is 1. The molecule has 1 unspecified atom stereocenters. The molecule has 0 aliphatic heterocycles. The van der Waals surface area contributed by atoms with Crippen LogP contribution >= 0.6 is 0 Å². The van der Waals surface area contributed by atoms with Crippen LogP contribution in [0.2, 0.25) is 0 Å². The van der Waals surface area contributed by atoms with Gasteiger partial charge in [-0.3, -0.25) is 4.79 Å². The van der Waals surface area contributed by atoms with Gasteiger partial charge in [-0.2, -0.15) is 0 Å². The van der Waals surface area contributed by atoms with Crippen molar-refractivity contribution in [2.75, 3.05) is 7.11 Å². The summed E-state index contributed by atoms with van der Waals surface area (Å²) in [6, 6.07) is 6.14. The highest BCUT2D eigenvalue weighted by Crippen LogP contribution is 2.24. The zero-order valence-electron chi connectivity index (χ0n) is 17.0. The van der Waals surface area contributed by atoms with Crippen LogP contribution in [0.3, 0.4) is 0 Å². The van der Waals surface area contributed by atoms with Crippen LogP contribution in [0.5, 0.6) is 5.75 Å². The summed E-state index contributed by atoms with van der Waals surface area (Å²) in [5.41, 5.74) is -0.550. The fraction of sp³-hybridized carbons (Fsp3) is 0.600. The highest BCUT2D eigenvalue weighted by molar-refractivity contribution is 6.02. The third-order valence-electron chi connectivity index (χ3n) is 3.16. The lowest BCUT2D eigenvalue weighted by molar-refractivity contribution is 0.0446. The Kier molecular flexibility index (Phi) is 8.67. The zero-order chi connectivity index (χ0) is 19.8. The molecule has 1 aromatic rings. The lowest BCUT2D eigenvalue weighted by atomic mass is 9.82. The average molecular weight is 351 g/mol. The number of carbonyl (C=O) groups excluding carboxylic acids is 2. The molecule has 0 spiro atoms. The maximum Gasteiger partial charge on any atom is 0.408 e. The minimum absolute atomic E-state index is 0.161. The number of carbonyl (C=O) groups is 2. The standard InChI is InChI=1S/C18H27NO4.C2H6/c1-17(2,3)15(19-16(21)23-18(4,5)6)14(20)12-8-10-13(22-7)11-9-12;1-2/h8-11,15H,1-7H3,(H,19,21);1-2H3. The second kappa shape index (κ2) is 9.44. The summed E-state index contributed by atoms with van der Waals surface area (Å²) in [6.45, 7) is 15.0. The molecule has 1 aromatic carbocycles. The predicted octanol–water partition coefficient (Wildman–Crippen LogP) is 4.84. The molecule has 1 atom stereocenters. The molecule has 0 bridgehead atoms. The smallest absolute Gasteiger partial charge is 0.408 e. The molecule has 0 heterocycles. The second-order valence-corrected chi connectivity index (χ2v) is 7.54. The Bertz CT molecular complexity index is 551. The van der Waals surface area contributed by atoms with Gasteiger partial charge in [0.1, 0.15) is 17.4 Å². The lowest BCUT2D eigenvalue weighted by Crippen LogP contribution is -2.50. The lowest BCUT2D eigenvalue weighted by Gasteiger charge is -2.31. The quantitative estimate of drug-likeness (QED) is 0.788. The number of amides is 1. The predicted molar refractivity (Wildman–Crippen MR) is 101 cm³/mol.